The third-order valence-electron chi connectivity index (χ3n) is 1.90. The van der Waals surface area contributed by atoms with Gasteiger partial charge in [0.05, 0.1) is 18.8 Å². The first-order valence-electron chi connectivity index (χ1n) is 5.57. The molecule has 102 valence electrons. The van der Waals surface area contributed by atoms with E-state index < -0.39 is 10.0 Å². The van der Waals surface area contributed by atoms with Gasteiger partial charge in [-0.3, -0.25) is 4.79 Å². The fourth-order valence-electron chi connectivity index (χ4n) is 1.25. The highest BCUT2D eigenvalue weighted by molar-refractivity contribution is 7.90. The molecule has 0 fully saturated rings. The van der Waals surface area contributed by atoms with Crippen molar-refractivity contribution in [2.24, 2.45) is 4.40 Å². The molecule has 0 amide bonds. The molecule has 0 aliphatic carbocycles. The number of aromatic nitrogens is 1. The zero-order chi connectivity index (χ0) is 13.6. The lowest BCUT2D eigenvalue weighted by molar-refractivity contribution is -0.142. The van der Waals surface area contributed by atoms with E-state index in [4.69, 9.17) is 4.74 Å². The smallest absolute Gasteiger partial charge is 0.311 e. The number of carbonyl (C=O) groups excluding carboxylic acids is 1. The third-order valence-corrected chi connectivity index (χ3v) is 4.22. The van der Waals surface area contributed by atoms with E-state index in [2.05, 4.69) is 9.38 Å². The van der Waals surface area contributed by atoms with Gasteiger partial charge in [0, 0.05) is 11.1 Å². The van der Waals surface area contributed by atoms with Crippen LogP contribution in [0.4, 0.5) is 0 Å². The largest absolute Gasteiger partial charge is 0.466 e. The number of rotatable bonds is 6. The molecule has 1 aromatic rings. The van der Waals surface area contributed by atoms with E-state index in [0.717, 1.165) is 11.3 Å². The molecule has 1 aromatic heterocycles. The fourth-order valence-corrected chi connectivity index (χ4v) is 3.26. The van der Waals surface area contributed by atoms with Gasteiger partial charge in [0.1, 0.15) is 0 Å². The molecule has 6 nitrogen and oxygen atoms in total. The van der Waals surface area contributed by atoms with Gasteiger partial charge in [-0.2, -0.15) is 0 Å². The molecule has 0 aliphatic heterocycles. The van der Waals surface area contributed by atoms with E-state index in [0.29, 0.717) is 18.7 Å². The summed E-state index contributed by atoms with van der Waals surface area (Å²) in [6, 6.07) is 0. The second-order valence-electron chi connectivity index (χ2n) is 3.55. The summed E-state index contributed by atoms with van der Waals surface area (Å²) in [5.41, 5.74) is 0.601. The van der Waals surface area contributed by atoms with E-state index in [1.165, 1.54) is 0 Å². The number of aromatic amines is 1. The summed E-state index contributed by atoms with van der Waals surface area (Å²) in [4.78, 5) is 14.3. The lowest BCUT2D eigenvalue weighted by Gasteiger charge is -1.98. The van der Waals surface area contributed by atoms with Crippen molar-refractivity contribution in [1.29, 1.82) is 0 Å². The number of nitrogens with zero attached hydrogens (tertiary/aromatic N) is 1. The molecule has 0 saturated carbocycles. The van der Waals surface area contributed by atoms with Crippen LogP contribution in [0, 0.1) is 0 Å². The third kappa shape index (κ3) is 5.01. The molecule has 1 N–H and O–H groups in total. The summed E-state index contributed by atoms with van der Waals surface area (Å²) in [6.07, 6.45) is 0.612. The van der Waals surface area contributed by atoms with E-state index >= 15 is 0 Å². The number of sulfonamides is 1. The number of H-pyrrole nitrogens is 1. The van der Waals surface area contributed by atoms with E-state index in [-0.39, 0.29) is 22.9 Å². The summed E-state index contributed by atoms with van der Waals surface area (Å²) in [7, 11) is -3.42. The SMILES string of the molecule is CCCS(=O)(=O)N=c1[nH]c(CC(=O)OCC)cs1. The number of thiazole rings is 1. The second-order valence-corrected chi connectivity index (χ2v) is 6.16. The Labute approximate surface area is 110 Å². The van der Waals surface area contributed by atoms with Crippen molar-refractivity contribution in [1.82, 2.24) is 4.98 Å². The van der Waals surface area contributed by atoms with Gasteiger partial charge in [0.15, 0.2) is 4.80 Å². The average Bonchev–Trinajstić information content (AvgIpc) is 2.64. The summed E-state index contributed by atoms with van der Waals surface area (Å²) in [5.74, 6) is -0.333. The monoisotopic (exact) mass is 292 g/mol. The molecule has 1 heterocycles. The molecular weight excluding hydrogens is 276 g/mol. The quantitative estimate of drug-likeness (QED) is 0.786. The highest BCUT2D eigenvalue weighted by atomic mass is 32.2. The van der Waals surface area contributed by atoms with Crippen molar-refractivity contribution in [3.05, 3.63) is 15.9 Å². The van der Waals surface area contributed by atoms with Gasteiger partial charge in [0.25, 0.3) is 10.0 Å². The maximum Gasteiger partial charge on any atom is 0.311 e. The van der Waals surface area contributed by atoms with Crippen LogP contribution in [0.2, 0.25) is 0 Å². The molecule has 8 heteroatoms. The molecule has 0 radical (unpaired) electrons. The Morgan fingerprint density at radius 2 is 2.22 bits per heavy atom. The van der Waals surface area contributed by atoms with E-state index in [1.54, 1.807) is 19.2 Å². The number of nitrogens with one attached hydrogen (secondary N) is 1. The van der Waals surface area contributed by atoms with Gasteiger partial charge in [-0.05, 0) is 13.3 Å². The Kier molecular flexibility index (Phi) is 5.54. The van der Waals surface area contributed by atoms with Crippen LogP contribution in [0.3, 0.4) is 0 Å². The van der Waals surface area contributed by atoms with Gasteiger partial charge in [-0.1, -0.05) is 6.92 Å². The molecular formula is C10H16N2O4S2. The predicted molar refractivity (Wildman–Crippen MR) is 68.6 cm³/mol. The molecule has 0 aliphatic rings. The molecule has 0 atom stereocenters. The van der Waals surface area contributed by atoms with Gasteiger partial charge in [-0.15, -0.1) is 15.7 Å². The molecule has 0 spiro atoms. The maximum atomic E-state index is 11.5. The number of hydrogen-bond donors (Lipinski definition) is 1. The van der Waals surface area contributed by atoms with Gasteiger partial charge in [0.2, 0.25) is 0 Å². The van der Waals surface area contributed by atoms with Crippen LogP contribution < -0.4 is 4.80 Å². The van der Waals surface area contributed by atoms with Crippen LogP contribution >= 0.6 is 11.3 Å². The summed E-state index contributed by atoms with van der Waals surface area (Å²) in [5, 5.41) is 1.66. The highest BCUT2D eigenvalue weighted by Crippen LogP contribution is 2.00. The van der Waals surface area contributed by atoms with Crippen molar-refractivity contribution in [3.8, 4) is 0 Å². The minimum Gasteiger partial charge on any atom is -0.466 e. The number of hydrogen-bond acceptors (Lipinski definition) is 5. The molecule has 0 aromatic carbocycles. The molecule has 1 rings (SSSR count). The lowest BCUT2D eigenvalue weighted by atomic mass is 10.3. The van der Waals surface area contributed by atoms with Crippen molar-refractivity contribution in [2.75, 3.05) is 12.4 Å². The minimum atomic E-state index is -3.42. The van der Waals surface area contributed by atoms with Crippen LogP contribution in [0.25, 0.3) is 0 Å². The first-order valence-corrected chi connectivity index (χ1v) is 8.06. The first kappa shape index (κ1) is 14.9. The Bertz CT molecular complexity index is 556. The maximum absolute atomic E-state index is 11.5. The zero-order valence-corrected chi connectivity index (χ0v) is 11.9. The Balaban J connectivity index is 2.80. The van der Waals surface area contributed by atoms with Crippen molar-refractivity contribution < 1.29 is 17.9 Å². The number of carbonyl (C=O) groups is 1. The van der Waals surface area contributed by atoms with Gasteiger partial charge >= 0.3 is 5.97 Å². The van der Waals surface area contributed by atoms with Crippen LogP contribution in [0.1, 0.15) is 26.0 Å². The number of ether oxygens (including phenoxy) is 1. The molecule has 0 unspecified atom stereocenters. The Morgan fingerprint density at radius 3 is 2.83 bits per heavy atom. The Morgan fingerprint density at radius 1 is 1.50 bits per heavy atom. The van der Waals surface area contributed by atoms with Crippen LogP contribution in [0.15, 0.2) is 9.78 Å². The first-order chi connectivity index (χ1) is 8.46. The van der Waals surface area contributed by atoms with E-state index in [9.17, 15) is 13.2 Å². The highest BCUT2D eigenvalue weighted by Gasteiger charge is 2.08. The van der Waals surface area contributed by atoms with Crippen LogP contribution in [0.5, 0.6) is 0 Å². The average molecular weight is 292 g/mol. The van der Waals surface area contributed by atoms with Gasteiger partial charge < -0.3 is 9.72 Å². The fraction of sp³-hybridized carbons (Fsp3) is 0.600. The predicted octanol–water partition coefficient (Wildman–Crippen LogP) is 0.822. The van der Waals surface area contributed by atoms with E-state index in [1.807, 2.05) is 0 Å². The topological polar surface area (TPSA) is 88.6 Å². The molecule has 0 bridgehead atoms. The zero-order valence-electron chi connectivity index (χ0n) is 10.3. The van der Waals surface area contributed by atoms with Crippen LogP contribution in [-0.4, -0.2) is 31.7 Å². The normalized spacial score (nSPS) is 12.7. The summed E-state index contributed by atoms with van der Waals surface area (Å²) in [6.45, 7) is 3.83. The lowest BCUT2D eigenvalue weighted by Crippen LogP contribution is -2.11. The van der Waals surface area contributed by atoms with Crippen LogP contribution in [-0.2, 0) is 26.0 Å². The second kappa shape index (κ2) is 6.69. The number of esters is 1. The molecule has 0 saturated heterocycles. The summed E-state index contributed by atoms with van der Waals surface area (Å²) < 4.78 is 31.4. The van der Waals surface area contributed by atoms with Gasteiger partial charge in [-0.25, -0.2) is 8.42 Å². The summed E-state index contributed by atoms with van der Waals surface area (Å²) >= 11 is 1.15. The standard InChI is InChI=1S/C10H16N2O4S2/c1-3-5-18(14,15)12-10-11-8(7-17-10)6-9(13)16-4-2/h7H,3-6H2,1-2H3,(H,11,12). The minimum absolute atomic E-state index is 0.0198. The molecule has 18 heavy (non-hydrogen) atoms. The Hall–Kier alpha value is -1.15. The van der Waals surface area contributed by atoms with Crippen molar-refractivity contribution in [2.45, 2.75) is 26.7 Å². The van der Waals surface area contributed by atoms with Crippen molar-refractivity contribution >= 4 is 27.3 Å². The van der Waals surface area contributed by atoms with Crippen molar-refractivity contribution in [3.63, 3.8) is 0 Å².